The summed E-state index contributed by atoms with van der Waals surface area (Å²) in [6, 6.07) is 0. The van der Waals surface area contributed by atoms with Crippen molar-refractivity contribution in [2.45, 2.75) is 32.6 Å². The van der Waals surface area contributed by atoms with Gasteiger partial charge in [-0.15, -0.1) is 6.42 Å². The molecule has 1 aliphatic rings. The molecule has 0 aromatic rings. The summed E-state index contributed by atoms with van der Waals surface area (Å²) in [5.41, 5.74) is -0.200. The van der Waals surface area contributed by atoms with Gasteiger partial charge in [0.1, 0.15) is 0 Å². The van der Waals surface area contributed by atoms with E-state index in [1.807, 2.05) is 0 Å². The van der Waals surface area contributed by atoms with Crippen LogP contribution in [0.15, 0.2) is 0 Å². The predicted molar refractivity (Wildman–Crippen MR) is 53.3 cm³/mol. The van der Waals surface area contributed by atoms with Gasteiger partial charge >= 0.3 is 0 Å². The molecule has 1 fully saturated rings. The van der Waals surface area contributed by atoms with Crippen molar-refractivity contribution in [1.29, 1.82) is 0 Å². The number of hydrogen-bond donors (Lipinski definition) is 1. The Morgan fingerprint density at radius 3 is 2.62 bits per heavy atom. The Hall–Kier alpha value is -0.810. The van der Waals surface area contributed by atoms with Gasteiger partial charge in [-0.05, 0) is 38.3 Å². The van der Waals surface area contributed by atoms with E-state index in [9.17, 15) is 4.79 Å². The van der Waals surface area contributed by atoms with Crippen LogP contribution in [0.3, 0.4) is 0 Å². The van der Waals surface area contributed by atoms with Crippen LogP contribution in [0.1, 0.15) is 32.6 Å². The van der Waals surface area contributed by atoms with E-state index in [-0.39, 0.29) is 11.2 Å². The molecular weight excluding hydrogens is 162 g/mol. The number of terminal acetylenes is 1. The van der Waals surface area contributed by atoms with Crippen LogP contribution in [0.5, 0.6) is 0 Å². The van der Waals surface area contributed by atoms with Crippen molar-refractivity contribution in [1.82, 2.24) is 5.32 Å². The van der Waals surface area contributed by atoms with E-state index >= 15 is 0 Å². The molecule has 0 unspecified atom stereocenters. The molecule has 0 atom stereocenters. The van der Waals surface area contributed by atoms with Crippen LogP contribution in [0.2, 0.25) is 0 Å². The van der Waals surface area contributed by atoms with Crippen LogP contribution in [0.25, 0.3) is 0 Å². The Labute approximate surface area is 80.1 Å². The third-order valence-electron chi connectivity index (χ3n) is 2.90. The standard InChI is InChI=1S/C11H17NO/c1-3-5-11(10(13)4-2)6-8-12-9-7-11/h2,12H,3,5-9H2,1H3. The van der Waals surface area contributed by atoms with Gasteiger partial charge in [-0.1, -0.05) is 13.3 Å². The van der Waals surface area contributed by atoms with Crippen LogP contribution >= 0.6 is 0 Å². The normalized spacial score (nSPS) is 20.6. The molecule has 0 aromatic carbocycles. The number of piperidine rings is 1. The van der Waals surface area contributed by atoms with E-state index in [0.717, 1.165) is 38.8 Å². The van der Waals surface area contributed by atoms with Crippen LogP contribution in [0.4, 0.5) is 0 Å². The molecule has 1 rings (SSSR count). The summed E-state index contributed by atoms with van der Waals surface area (Å²) in [4.78, 5) is 11.6. The zero-order chi connectivity index (χ0) is 9.73. The van der Waals surface area contributed by atoms with Crippen molar-refractivity contribution in [3.63, 3.8) is 0 Å². The van der Waals surface area contributed by atoms with Crippen molar-refractivity contribution in [2.24, 2.45) is 5.41 Å². The highest BCUT2D eigenvalue weighted by Crippen LogP contribution is 2.34. The van der Waals surface area contributed by atoms with Gasteiger partial charge in [-0.25, -0.2) is 0 Å². The number of rotatable bonds is 3. The molecule has 2 heteroatoms. The quantitative estimate of drug-likeness (QED) is 0.523. The van der Waals surface area contributed by atoms with E-state index in [0.29, 0.717) is 0 Å². The van der Waals surface area contributed by atoms with E-state index < -0.39 is 0 Å². The lowest BCUT2D eigenvalue weighted by molar-refractivity contribution is -0.124. The van der Waals surface area contributed by atoms with Gasteiger partial charge in [0.05, 0.1) is 0 Å². The maximum absolute atomic E-state index is 11.6. The molecule has 1 N–H and O–H groups in total. The fourth-order valence-corrected chi connectivity index (χ4v) is 2.13. The first-order chi connectivity index (χ1) is 6.25. The van der Waals surface area contributed by atoms with Crippen molar-refractivity contribution >= 4 is 5.78 Å². The summed E-state index contributed by atoms with van der Waals surface area (Å²) in [6.07, 6.45) is 8.99. The molecule has 72 valence electrons. The van der Waals surface area contributed by atoms with Crippen LogP contribution in [-0.2, 0) is 4.79 Å². The molecule has 0 aromatic heterocycles. The second-order valence-electron chi connectivity index (χ2n) is 3.75. The van der Waals surface area contributed by atoms with Gasteiger partial charge in [0.25, 0.3) is 0 Å². The topological polar surface area (TPSA) is 29.1 Å². The van der Waals surface area contributed by atoms with Crippen molar-refractivity contribution < 1.29 is 4.79 Å². The van der Waals surface area contributed by atoms with E-state index in [1.165, 1.54) is 0 Å². The zero-order valence-electron chi connectivity index (χ0n) is 8.23. The Morgan fingerprint density at radius 2 is 2.15 bits per heavy atom. The van der Waals surface area contributed by atoms with Crippen LogP contribution in [-0.4, -0.2) is 18.9 Å². The minimum atomic E-state index is -0.200. The number of nitrogens with one attached hydrogen (secondary N) is 1. The first kappa shape index (κ1) is 10.3. The minimum Gasteiger partial charge on any atom is -0.317 e. The summed E-state index contributed by atoms with van der Waals surface area (Å²) in [5.74, 6) is 2.30. The van der Waals surface area contributed by atoms with Crippen LogP contribution < -0.4 is 5.32 Å². The lowest BCUT2D eigenvalue weighted by atomic mass is 9.72. The highest BCUT2D eigenvalue weighted by atomic mass is 16.1. The monoisotopic (exact) mass is 179 g/mol. The fourth-order valence-electron chi connectivity index (χ4n) is 2.13. The number of ketones is 1. The van der Waals surface area contributed by atoms with Gasteiger partial charge < -0.3 is 5.32 Å². The molecular formula is C11H17NO. The molecule has 0 amide bonds. The highest BCUT2D eigenvalue weighted by Gasteiger charge is 2.37. The summed E-state index contributed by atoms with van der Waals surface area (Å²) in [6.45, 7) is 3.95. The Morgan fingerprint density at radius 1 is 1.54 bits per heavy atom. The van der Waals surface area contributed by atoms with E-state index in [1.54, 1.807) is 0 Å². The predicted octanol–water partition coefficient (Wildman–Crippen LogP) is 1.36. The van der Waals surface area contributed by atoms with Gasteiger partial charge in [0, 0.05) is 5.41 Å². The van der Waals surface area contributed by atoms with Gasteiger partial charge in [-0.2, -0.15) is 0 Å². The number of carbonyl (C=O) groups excluding carboxylic acids is 1. The smallest absolute Gasteiger partial charge is 0.211 e. The average Bonchev–Trinajstić information content (AvgIpc) is 2.18. The summed E-state index contributed by atoms with van der Waals surface area (Å²) in [5, 5.41) is 3.26. The van der Waals surface area contributed by atoms with E-state index in [2.05, 4.69) is 18.2 Å². The van der Waals surface area contributed by atoms with Crippen molar-refractivity contribution in [3.8, 4) is 12.3 Å². The molecule has 0 bridgehead atoms. The first-order valence-electron chi connectivity index (χ1n) is 4.97. The van der Waals surface area contributed by atoms with E-state index in [4.69, 9.17) is 6.42 Å². The molecule has 1 aliphatic heterocycles. The van der Waals surface area contributed by atoms with Gasteiger partial charge in [-0.3, -0.25) is 4.79 Å². The molecule has 1 heterocycles. The second kappa shape index (κ2) is 4.43. The highest BCUT2D eigenvalue weighted by molar-refractivity contribution is 5.99. The minimum absolute atomic E-state index is 0.0100. The number of carbonyl (C=O) groups is 1. The lowest BCUT2D eigenvalue weighted by Gasteiger charge is -2.34. The summed E-state index contributed by atoms with van der Waals surface area (Å²) < 4.78 is 0. The molecule has 13 heavy (non-hydrogen) atoms. The largest absolute Gasteiger partial charge is 0.317 e. The molecule has 1 saturated heterocycles. The molecule has 0 radical (unpaired) electrons. The number of Topliss-reactive ketones (excluding diaryl/α,β-unsaturated/α-hetero) is 1. The van der Waals surface area contributed by atoms with Crippen molar-refractivity contribution in [3.05, 3.63) is 0 Å². The Bertz CT molecular complexity index is 215. The maximum atomic E-state index is 11.6. The zero-order valence-corrected chi connectivity index (χ0v) is 8.23. The SMILES string of the molecule is C#CC(=O)C1(CCC)CCNCC1. The first-order valence-corrected chi connectivity index (χ1v) is 4.97. The summed E-state index contributed by atoms with van der Waals surface area (Å²) in [7, 11) is 0. The number of hydrogen-bond acceptors (Lipinski definition) is 2. The molecule has 2 nitrogen and oxygen atoms in total. The Balaban J connectivity index is 2.73. The maximum Gasteiger partial charge on any atom is 0.211 e. The van der Waals surface area contributed by atoms with Crippen molar-refractivity contribution in [2.75, 3.05) is 13.1 Å². The molecule has 0 saturated carbocycles. The van der Waals surface area contributed by atoms with Crippen LogP contribution in [0, 0.1) is 17.8 Å². The fraction of sp³-hybridized carbons (Fsp3) is 0.727. The van der Waals surface area contributed by atoms with Gasteiger partial charge in [0.15, 0.2) is 0 Å². The Kier molecular flexibility index (Phi) is 3.50. The third kappa shape index (κ3) is 2.10. The average molecular weight is 179 g/mol. The molecule has 0 spiro atoms. The second-order valence-corrected chi connectivity index (χ2v) is 3.75. The van der Waals surface area contributed by atoms with Gasteiger partial charge in [0.2, 0.25) is 5.78 Å². The summed E-state index contributed by atoms with van der Waals surface area (Å²) >= 11 is 0. The molecule has 0 aliphatic carbocycles. The third-order valence-corrected chi connectivity index (χ3v) is 2.90. The lowest BCUT2D eigenvalue weighted by Crippen LogP contribution is -2.41.